The predicted molar refractivity (Wildman–Crippen MR) is 130 cm³/mol. The van der Waals surface area contributed by atoms with Crippen molar-refractivity contribution in [2.75, 3.05) is 12.4 Å². The third-order valence-corrected chi connectivity index (χ3v) is 6.27. The average Bonchev–Trinajstić information content (AvgIpc) is 3.61. The van der Waals surface area contributed by atoms with E-state index in [1.807, 2.05) is 13.8 Å². The van der Waals surface area contributed by atoms with Crippen LogP contribution in [0.15, 0.2) is 36.5 Å². The Bertz CT molecular complexity index is 1250. The molecule has 0 saturated heterocycles. The molecule has 1 aliphatic carbocycles. The first-order chi connectivity index (χ1) is 16.3. The molecular weight excluding hydrogens is 436 g/mol. The molecule has 5 nitrogen and oxygen atoms in total. The summed E-state index contributed by atoms with van der Waals surface area (Å²) in [4.78, 5) is 28.9. The monoisotopic (exact) mass is 465 g/mol. The third kappa shape index (κ3) is 4.93. The molecule has 1 unspecified atom stereocenters. The topological polar surface area (TPSA) is 71.1 Å². The van der Waals surface area contributed by atoms with Gasteiger partial charge in [-0.3, -0.25) is 14.6 Å². The van der Waals surface area contributed by atoms with Crippen LogP contribution in [0.5, 0.6) is 0 Å². The second-order valence-electron chi connectivity index (χ2n) is 9.02. The molecule has 0 bridgehead atoms. The number of ketones is 1. The first-order valence-electron chi connectivity index (χ1n) is 11.7. The molecule has 1 atom stereocenters. The van der Waals surface area contributed by atoms with Crippen LogP contribution in [0.1, 0.15) is 67.8 Å². The lowest BCUT2D eigenvalue weighted by Gasteiger charge is -2.15. The van der Waals surface area contributed by atoms with Crippen molar-refractivity contribution in [1.29, 1.82) is 0 Å². The van der Waals surface area contributed by atoms with Gasteiger partial charge in [-0.2, -0.15) is 0 Å². The van der Waals surface area contributed by atoms with Crippen LogP contribution in [0, 0.1) is 11.6 Å². The Morgan fingerprint density at radius 3 is 2.56 bits per heavy atom. The van der Waals surface area contributed by atoms with Crippen molar-refractivity contribution in [1.82, 2.24) is 10.3 Å². The number of hydrogen-bond acceptors (Lipinski definition) is 4. The maximum Gasteiger partial charge on any atom is 0.255 e. The molecule has 1 saturated carbocycles. The fraction of sp³-hybridized carbons (Fsp3) is 0.370. The van der Waals surface area contributed by atoms with E-state index in [1.165, 1.54) is 18.3 Å². The van der Waals surface area contributed by atoms with E-state index in [0.29, 0.717) is 39.7 Å². The van der Waals surface area contributed by atoms with E-state index in [1.54, 1.807) is 25.2 Å². The van der Waals surface area contributed by atoms with Gasteiger partial charge in [0.1, 0.15) is 17.4 Å². The Morgan fingerprint density at radius 1 is 1.15 bits per heavy atom. The predicted octanol–water partition coefficient (Wildman–Crippen LogP) is 5.98. The van der Waals surface area contributed by atoms with Crippen LogP contribution in [-0.4, -0.2) is 29.8 Å². The number of aromatic nitrogens is 1. The molecule has 0 spiro atoms. The molecule has 4 rings (SSSR count). The van der Waals surface area contributed by atoms with Crippen LogP contribution < -0.4 is 10.6 Å². The minimum absolute atomic E-state index is 0.104. The van der Waals surface area contributed by atoms with E-state index in [2.05, 4.69) is 15.6 Å². The Morgan fingerprint density at radius 2 is 1.91 bits per heavy atom. The molecule has 0 aliphatic heterocycles. The van der Waals surface area contributed by atoms with Crippen molar-refractivity contribution in [2.24, 2.45) is 0 Å². The number of hydrogen-bond donors (Lipinski definition) is 2. The molecule has 7 heteroatoms. The number of fused-ring (bicyclic) bond motifs is 1. The highest BCUT2D eigenvalue weighted by Crippen LogP contribution is 2.34. The van der Waals surface area contributed by atoms with Gasteiger partial charge in [0.05, 0.1) is 16.8 Å². The summed E-state index contributed by atoms with van der Waals surface area (Å²) in [6.45, 7) is 3.76. The largest absolute Gasteiger partial charge is 0.387 e. The van der Waals surface area contributed by atoms with E-state index >= 15 is 4.39 Å². The first-order valence-corrected chi connectivity index (χ1v) is 11.7. The van der Waals surface area contributed by atoms with Crippen LogP contribution in [0.2, 0.25) is 0 Å². The summed E-state index contributed by atoms with van der Waals surface area (Å²) in [5, 5.41) is 6.57. The van der Waals surface area contributed by atoms with Gasteiger partial charge in [0.25, 0.3) is 5.91 Å². The number of halogens is 2. The van der Waals surface area contributed by atoms with Gasteiger partial charge in [0.15, 0.2) is 0 Å². The summed E-state index contributed by atoms with van der Waals surface area (Å²) < 4.78 is 30.0. The Hall–Kier alpha value is -3.35. The van der Waals surface area contributed by atoms with Gasteiger partial charge in [-0.05, 0) is 48.4 Å². The second kappa shape index (κ2) is 9.87. The van der Waals surface area contributed by atoms with E-state index in [0.717, 1.165) is 19.3 Å². The zero-order valence-corrected chi connectivity index (χ0v) is 19.7. The Labute approximate surface area is 198 Å². The van der Waals surface area contributed by atoms with Gasteiger partial charge in [-0.25, -0.2) is 8.78 Å². The van der Waals surface area contributed by atoms with E-state index < -0.39 is 11.6 Å². The fourth-order valence-electron chi connectivity index (χ4n) is 4.29. The molecule has 178 valence electrons. The highest BCUT2D eigenvalue weighted by molar-refractivity contribution is 6.08. The van der Waals surface area contributed by atoms with Crippen LogP contribution in [0.4, 0.5) is 14.5 Å². The number of carbonyl (C=O) groups is 2. The summed E-state index contributed by atoms with van der Waals surface area (Å²) in [6, 6.07) is 7.68. The van der Waals surface area contributed by atoms with Crippen molar-refractivity contribution < 1.29 is 18.4 Å². The molecule has 3 aromatic rings. The summed E-state index contributed by atoms with van der Waals surface area (Å²) in [5.74, 6) is -1.39. The van der Waals surface area contributed by atoms with Gasteiger partial charge in [-0.15, -0.1) is 0 Å². The third-order valence-electron chi connectivity index (χ3n) is 6.27. The quantitative estimate of drug-likeness (QED) is 0.408. The average molecular weight is 466 g/mol. The first kappa shape index (κ1) is 23.8. The van der Waals surface area contributed by atoms with Gasteiger partial charge in [-0.1, -0.05) is 26.0 Å². The summed E-state index contributed by atoms with van der Waals surface area (Å²) >= 11 is 0. The Balaban J connectivity index is 1.70. The van der Waals surface area contributed by atoms with Crippen LogP contribution in [-0.2, 0) is 4.79 Å². The number of nitrogens with zero attached hydrogens (tertiary/aromatic N) is 1. The number of Topliss-reactive ketones (excluding diaryl/α,β-unsaturated/α-hetero) is 1. The highest BCUT2D eigenvalue weighted by atomic mass is 19.1. The van der Waals surface area contributed by atoms with Crippen LogP contribution >= 0.6 is 0 Å². The van der Waals surface area contributed by atoms with Gasteiger partial charge >= 0.3 is 0 Å². The number of carbonyl (C=O) groups excluding carboxylic acids is 2. The minimum Gasteiger partial charge on any atom is -0.387 e. The maximum atomic E-state index is 15.0. The summed E-state index contributed by atoms with van der Waals surface area (Å²) in [5.41, 5.74) is 2.35. The normalized spacial score (nSPS) is 14.1. The van der Waals surface area contributed by atoms with E-state index in [4.69, 9.17) is 0 Å². The number of pyridine rings is 1. The molecule has 0 radical (unpaired) electrons. The van der Waals surface area contributed by atoms with E-state index in [-0.39, 0.29) is 35.6 Å². The summed E-state index contributed by atoms with van der Waals surface area (Å²) in [7, 11) is 1.70. The number of nitrogens with one attached hydrogen (secondary N) is 2. The van der Waals surface area contributed by atoms with Crippen molar-refractivity contribution in [3.8, 4) is 11.1 Å². The van der Waals surface area contributed by atoms with Crippen molar-refractivity contribution >= 4 is 28.3 Å². The van der Waals surface area contributed by atoms with Crippen molar-refractivity contribution in [3.63, 3.8) is 0 Å². The zero-order valence-electron chi connectivity index (χ0n) is 19.7. The lowest BCUT2D eigenvalue weighted by atomic mass is 9.91. The fourth-order valence-corrected chi connectivity index (χ4v) is 4.29. The zero-order chi connectivity index (χ0) is 24.4. The van der Waals surface area contributed by atoms with Crippen LogP contribution in [0.3, 0.4) is 0 Å². The van der Waals surface area contributed by atoms with Gasteiger partial charge < -0.3 is 10.6 Å². The SMILES string of the molecule is CCCC(=O)CC(C)c1ccc(-c2cc3c(NC)c(C(=O)NC4CC4)cnc3cc2F)cc1F. The van der Waals surface area contributed by atoms with Crippen molar-refractivity contribution in [3.05, 3.63) is 59.3 Å². The number of anilines is 1. The molecular formula is C27H29F2N3O2. The molecule has 2 N–H and O–H groups in total. The molecule has 34 heavy (non-hydrogen) atoms. The van der Waals surface area contributed by atoms with Gasteiger partial charge in [0, 0.05) is 49.1 Å². The molecule has 2 aromatic carbocycles. The molecule has 1 aromatic heterocycles. The molecule has 1 fully saturated rings. The van der Waals surface area contributed by atoms with E-state index in [9.17, 15) is 14.0 Å². The number of benzene rings is 2. The summed E-state index contributed by atoms with van der Waals surface area (Å²) in [6.07, 6.45) is 4.89. The smallest absolute Gasteiger partial charge is 0.255 e. The lowest BCUT2D eigenvalue weighted by Crippen LogP contribution is -2.26. The number of rotatable bonds is 9. The van der Waals surface area contributed by atoms with Crippen molar-refractivity contribution in [2.45, 2.75) is 57.9 Å². The second-order valence-corrected chi connectivity index (χ2v) is 9.02. The van der Waals surface area contributed by atoms with Gasteiger partial charge in [0.2, 0.25) is 0 Å². The molecule has 1 aliphatic rings. The highest BCUT2D eigenvalue weighted by Gasteiger charge is 2.26. The maximum absolute atomic E-state index is 15.0. The molecule has 1 heterocycles. The number of amides is 1. The molecule has 1 amide bonds. The van der Waals surface area contributed by atoms with Crippen LogP contribution in [0.25, 0.3) is 22.0 Å². The minimum atomic E-state index is -0.532. The Kier molecular flexibility index (Phi) is 6.91. The standard InChI is InChI=1S/C27H29F2N3O2/c1-4-5-18(33)10-15(2)19-9-6-16(11-23(19)28)20-12-21-25(13-24(20)29)31-14-22(26(21)30-3)27(34)32-17-7-8-17/h6,9,11-15,17H,4-5,7-8,10H2,1-3H3,(H,30,31)(H,32,34). The lowest BCUT2D eigenvalue weighted by molar-refractivity contribution is -0.119.